The number of piperidine rings is 1. The fraction of sp³-hybridized carbons (Fsp3) is 1.00. The van der Waals surface area contributed by atoms with E-state index in [2.05, 4.69) is 17.3 Å². The van der Waals surface area contributed by atoms with Crippen LogP contribution in [0, 0.1) is 5.92 Å². The standard InChI is InChI=1S/C13H24N2/c1-14-12-6-4-8-15(10-12)13-7-3-2-5-11(13)9-13/h11-12,14H,2-10H2,1H3. The van der Waals surface area contributed by atoms with E-state index in [1.54, 1.807) is 0 Å². The van der Waals surface area contributed by atoms with Gasteiger partial charge < -0.3 is 5.32 Å². The van der Waals surface area contributed by atoms with Crippen molar-refractivity contribution in [3.8, 4) is 0 Å². The zero-order valence-corrected chi connectivity index (χ0v) is 9.97. The number of nitrogens with one attached hydrogen (secondary N) is 1. The van der Waals surface area contributed by atoms with Gasteiger partial charge in [-0.25, -0.2) is 0 Å². The van der Waals surface area contributed by atoms with Crippen LogP contribution in [0.5, 0.6) is 0 Å². The lowest BCUT2D eigenvalue weighted by molar-refractivity contribution is 0.0934. The highest BCUT2D eigenvalue weighted by Gasteiger charge is 2.58. The van der Waals surface area contributed by atoms with E-state index in [1.165, 1.54) is 58.0 Å². The van der Waals surface area contributed by atoms with Gasteiger partial charge in [-0.3, -0.25) is 4.90 Å². The number of likely N-dealkylation sites (tertiary alicyclic amines) is 1. The van der Waals surface area contributed by atoms with Crippen molar-refractivity contribution in [3.05, 3.63) is 0 Å². The topological polar surface area (TPSA) is 15.3 Å². The van der Waals surface area contributed by atoms with Crippen molar-refractivity contribution >= 4 is 0 Å². The van der Waals surface area contributed by atoms with Gasteiger partial charge in [0.2, 0.25) is 0 Å². The molecule has 15 heavy (non-hydrogen) atoms. The summed E-state index contributed by atoms with van der Waals surface area (Å²) in [6, 6.07) is 0.760. The summed E-state index contributed by atoms with van der Waals surface area (Å²) in [5.74, 6) is 1.07. The van der Waals surface area contributed by atoms with E-state index in [0.717, 1.165) is 12.0 Å². The maximum Gasteiger partial charge on any atom is 0.0242 e. The highest BCUT2D eigenvalue weighted by Crippen LogP contribution is 2.57. The molecule has 0 radical (unpaired) electrons. The van der Waals surface area contributed by atoms with Crippen LogP contribution in [0.4, 0.5) is 0 Å². The molecule has 2 aliphatic carbocycles. The molecule has 1 saturated heterocycles. The largest absolute Gasteiger partial charge is 0.316 e. The highest BCUT2D eigenvalue weighted by molar-refractivity contribution is 5.13. The third-order valence-electron chi connectivity index (χ3n) is 5.07. The summed E-state index contributed by atoms with van der Waals surface area (Å²) >= 11 is 0. The summed E-state index contributed by atoms with van der Waals surface area (Å²) < 4.78 is 0. The molecule has 2 nitrogen and oxygen atoms in total. The maximum absolute atomic E-state index is 3.47. The molecule has 3 unspecified atom stereocenters. The Morgan fingerprint density at radius 2 is 2.13 bits per heavy atom. The van der Waals surface area contributed by atoms with Crippen molar-refractivity contribution in [1.82, 2.24) is 10.2 Å². The molecule has 86 valence electrons. The van der Waals surface area contributed by atoms with Crippen LogP contribution < -0.4 is 5.32 Å². The van der Waals surface area contributed by atoms with Crippen LogP contribution in [0.1, 0.15) is 44.9 Å². The molecule has 0 bridgehead atoms. The summed E-state index contributed by atoms with van der Waals surface area (Å²) in [4.78, 5) is 2.83. The molecule has 2 saturated carbocycles. The first-order chi connectivity index (χ1) is 7.35. The van der Waals surface area contributed by atoms with E-state index < -0.39 is 0 Å². The first kappa shape index (κ1) is 10.1. The summed E-state index contributed by atoms with van der Waals surface area (Å²) in [7, 11) is 2.12. The molecule has 0 aromatic heterocycles. The van der Waals surface area contributed by atoms with Crippen molar-refractivity contribution < 1.29 is 0 Å². The molecule has 3 atom stereocenters. The second kappa shape index (κ2) is 3.74. The molecule has 0 spiro atoms. The Hall–Kier alpha value is -0.0800. The lowest BCUT2D eigenvalue weighted by atomic mass is 9.91. The third-order valence-corrected chi connectivity index (χ3v) is 5.07. The third kappa shape index (κ3) is 1.62. The Balaban J connectivity index is 1.66. The Bertz CT molecular complexity index is 241. The lowest BCUT2D eigenvalue weighted by Gasteiger charge is -2.41. The average Bonchev–Trinajstić information content (AvgIpc) is 3.05. The highest BCUT2D eigenvalue weighted by atomic mass is 15.3. The molecule has 1 aliphatic heterocycles. The van der Waals surface area contributed by atoms with Gasteiger partial charge in [-0.15, -0.1) is 0 Å². The molecule has 1 N–H and O–H groups in total. The van der Waals surface area contributed by atoms with Crippen LogP contribution in [0.25, 0.3) is 0 Å². The second-order valence-corrected chi connectivity index (χ2v) is 5.82. The van der Waals surface area contributed by atoms with E-state index in [4.69, 9.17) is 0 Å². The van der Waals surface area contributed by atoms with Crippen LogP contribution >= 0.6 is 0 Å². The number of hydrogen-bond donors (Lipinski definition) is 1. The quantitative estimate of drug-likeness (QED) is 0.747. The smallest absolute Gasteiger partial charge is 0.0242 e. The maximum atomic E-state index is 3.47. The minimum Gasteiger partial charge on any atom is -0.316 e. The van der Waals surface area contributed by atoms with Crippen LogP contribution in [0.15, 0.2) is 0 Å². The van der Waals surface area contributed by atoms with Crippen LogP contribution in [-0.4, -0.2) is 36.6 Å². The molecular formula is C13H24N2. The van der Waals surface area contributed by atoms with E-state index >= 15 is 0 Å². The number of hydrogen-bond acceptors (Lipinski definition) is 2. The molecular weight excluding hydrogens is 184 g/mol. The minimum absolute atomic E-state index is 0.688. The Morgan fingerprint density at radius 3 is 2.93 bits per heavy atom. The first-order valence-electron chi connectivity index (χ1n) is 6.77. The van der Waals surface area contributed by atoms with Gasteiger partial charge in [-0.1, -0.05) is 12.8 Å². The summed E-state index contributed by atoms with van der Waals surface area (Å²) in [5.41, 5.74) is 0.688. The summed E-state index contributed by atoms with van der Waals surface area (Å²) in [5, 5.41) is 3.47. The Morgan fingerprint density at radius 1 is 1.20 bits per heavy atom. The van der Waals surface area contributed by atoms with Gasteiger partial charge in [0, 0.05) is 18.1 Å². The van der Waals surface area contributed by atoms with Crippen molar-refractivity contribution in [3.63, 3.8) is 0 Å². The number of nitrogens with zero attached hydrogens (tertiary/aromatic N) is 1. The van der Waals surface area contributed by atoms with Crippen molar-refractivity contribution in [2.24, 2.45) is 5.92 Å². The second-order valence-electron chi connectivity index (χ2n) is 5.82. The lowest BCUT2D eigenvalue weighted by Crippen LogP contribution is -2.51. The van der Waals surface area contributed by atoms with Crippen LogP contribution in [0.2, 0.25) is 0 Å². The van der Waals surface area contributed by atoms with Gasteiger partial charge in [0.15, 0.2) is 0 Å². The Labute approximate surface area is 93.4 Å². The number of rotatable bonds is 2. The Kier molecular flexibility index (Phi) is 2.52. The number of likely N-dealkylation sites (N-methyl/N-ethyl adjacent to an activating group) is 1. The molecule has 3 fully saturated rings. The first-order valence-corrected chi connectivity index (χ1v) is 6.77. The predicted octanol–water partition coefficient (Wildman–Crippen LogP) is 2.00. The van der Waals surface area contributed by atoms with Crippen LogP contribution in [-0.2, 0) is 0 Å². The molecule has 3 aliphatic rings. The van der Waals surface area contributed by atoms with Crippen molar-refractivity contribution in [2.75, 3.05) is 20.1 Å². The summed E-state index contributed by atoms with van der Waals surface area (Å²) in [6.07, 6.45) is 10.3. The SMILES string of the molecule is CNC1CCCN(C23CCCCC2C3)C1. The molecule has 3 rings (SSSR count). The van der Waals surface area contributed by atoms with E-state index in [9.17, 15) is 0 Å². The zero-order valence-electron chi connectivity index (χ0n) is 9.97. The average molecular weight is 208 g/mol. The fourth-order valence-electron chi connectivity index (χ4n) is 4.03. The van der Waals surface area contributed by atoms with Gasteiger partial charge in [-0.05, 0) is 51.6 Å². The van der Waals surface area contributed by atoms with E-state index in [0.29, 0.717) is 5.54 Å². The minimum atomic E-state index is 0.688. The zero-order chi connectivity index (χ0) is 10.3. The molecule has 2 heteroatoms. The molecule has 0 aromatic rings. The fourth-order valence-corrected chi connectivity index (χ4v) is 4.03. The van der Waals surface area contributed by atoms with Gasteiger partial charge >= 0.3 is 0 Å². The molecule has 0 amide bonds. The number of fused-ring (bicyclic) bond motifs is 1. The predicted molar refractivity (Wildman–Crippen MR) is 63.0 cm³/mol. The van der Waals surface area contributed by atoms with Gasteiger partial charge in [0.25, 0.3) is 0 Å². The van der Waals surface area contributed by atoms with Gasteiger partial charge in [0.1, 0.15) is 0 Å². The normalized spacial score (nSPS) is 46.2. The van der Waals surface area contributed by atoms with Crippen molar-refractivity contribution in [2.45, 2.75) is 56.5 Å². The molecule has 0 aromatic carbocycles. The van der Waals surface area contributed by atoms with Crippen molar-refractivity contribution in [1.29, 1.82) is 0 Å². The van der Waals surface area contributed by atoms with E-state index in [1.807, 2.05) is 0 Å². The molecule has 1 heterocycles. The van der Waals surface area contributed by atoms with E-state index in [-0.39, 0.29) is 0 Å². The van der Waals surface area contributed by atoms with Crippen LogP contribution in [0.3, 0.4) is 0 Å². The van der Waals surface area contributed by atoms with Gasteiger partial charge in [-0.2, -0.15) is 0 Å². The van der Waals surface area contributed by atoms with Gasteiger partial charge in [0.05, 0.1) is 0 Å². The monoisotopic (exact) mass is 208 g/mol. The summed E-state index contributed by atoms with van der Waals surface area (Å²) in [6.45, 7) is 2.68.